The summed E-state index contributed by atoms with van der Waals surface area (Å²) in [5.74, 6) is 5.87. The lowest BCUT2D eigenvalue weighted by molar-refractivity contribution is -0.327. The van der Waals surface area contributed by atoms with Gasteiger partial charge >= 0.3 is 12.4 Å². The fourth-order valence-electron chi connectivity index (χ4n) is 9.07. The zero-order valence-electron chi connectivity index (χ0n) is 86.5. The summed E-state index contributed by atoms with van der Waals surface area (Å²) >= 11 is 0. The minimum atomic E-state index is -5.24. The highest BCUT2D eigenvalue weighted by Crippen LogP contribution is 2.49. The van der Waals surface area contributed by atoms with Crippen molar-refractivity contribution in [2.75, 3.05) is 0 Å². The van der Waals surface area contributed by atoms with Gasteiger partial charge in [-0.05, 0) is 198 Å². The van der Waals surface area contributed by atoms with Crippen molar-refractivity contribution >= 4 is 16.6 Å². The predicted molar refractivity (Wildman–Crippen MR) is 533 cm³/mol. The minimum Gasteiger partial charge on any atom is -0.457 e. The molecule has 0 atom stereocenters. The third-order valence-electron chi connectivity index (χ3n) is 15.2. The van der Waals surface area contributed by atoms with Crippen LogP contribution in [0.25, 0.3) is 0 Å². The van der Waals surface area contributed by atoms with Crippen LogP contribution in [0.1, 0.15) is 360 Å². The van der Waals surface area contributed by atoms with E-state index >= 15 is 0 Å². The molecule has 0 amide bonds. The van der Waals surface area contributed by atoms with Crippen LogP contribution in [0.5, 0.6) is 23.0 Å². The largest absolute Gasteiger partial charge is 0.457 e. The fourth-order valence-corrected chi connectivity index (χ4v) is 18.3. The van der Waals surface area contributed by atoms with Gasteiger partial charge in [-0.1, -0.05) is 447 Å². The summed E-state index contributed by atoms with van der Waals surface area (Å²) in [7, 11) is -2.63. The Labute approximate surface area is 743 Å². The molecule has 0 aliphatic heterocycles. The van der Waals surface area contributed by atoms with Gasteiger partial charge in [-0.3, -0.25) is 0 Å². The van der Waals surface area contributed by atoms with Crippen LogP contribution in [0.15, 0.2) is 182 Å². The normalized spacial score (nSPS) is 11.5. The predicted octanol–water partition coefficient (Wildman–Crippen LogP) is 39.2. The van der Waals surface area contributed by atoms with Crippen LogP contribution in [-0.4, -0.2) is 29.0 Å². The first-order valence-electron chi connectivity index (χ1n) is 44.8. The number of hydrogen-bond donors (Lipinski definition) is 0. The second-order valence-electron chi connectivity index (χ2n) is 42.9. The molecule has 0 fully saturated rings. The second-order valence-corrected chi connectivity index (χ2v) is 51.7. The molecule has 0 bridgehead atoms. The van der Waals surface area contributed by atoms with Crippen molar-refractivity contribution in [3.05, 3.63) is 226 Å². The first kappa shape index (κ1) is 127. The maximum absolute atomic E-state index is 11.6. The van der Waals surface area contributed by atoms with Crippen LogP contribution >= 0.6 is 0 Å². The van der Waals surface area contributed by atoms with Gasteiger partial charge in [-0.15, -0.1) is 0 Å². The van der Waals surface area contributed by atoms with Gasteiger partial charge in [-0.25, -0.2) is 0 Å². The number of rotatable bonds is 12. The summed E-state index contributed by atoms with van der Waals surface area (Å²) in [6.07, 6.45) is -4.19. The molecular formula is C109H188F6O3Si2. The topological polar surface area (TPSA) is 27.7 Å². The van der Waals surface area contributed by atoms with Crippen LogP contribution in [0, 0.1) is 47.8 Å². The highest BCUT2D eigenvalue weighted by Gasteiger charge is 2.64. The monoisotopic (exact) mass is 1720 g/mol. The molecule has 0 saturated heterocycles. The molecule has 0 N–H and O–H groups in total. The average Bonchev–Trinajstić information content (AvgIpc) is 0.824. The van der Waals surface area contributed by atoms with E-state index < -0.39 is 34.4 Å². The first-order valence-corrected chi connectivity index (χ1v) is 51.1. The Kier molecular flexibility index (Phi) is 66.0. The summed E-state index contributed by atoms with van der Waals surface area (Å²) in [6, 6.07) is 65.5. The molecule has 0 aliphatic rings. The van der Waals surface area contributed by atoms with Gasteiger partial charge in [0.1, 0.15) is 23.0 Å². The molecule has 0 heterocycles. The fraction of sp³-hybridized carbons (Fsp3) is 0.615. The molecule has 0 aromatic heterocycles. The van der Waals surface area contributed by atoms with Gasteiger partial charge in [0.25, 0.3) is 0 Å². The summed E-state index contributed by atoms with van der Waals surface area (Å²) < 4.78 is 88.0. The lowest BCUT2D eigenvalue weighted by Gasteiger charge is -2.33. The Bertz CT molecular complexity index is 3150. The SMILES string of the molecule is CC(C)(C(F)(F)F)C(F)(F)F.CC(C)(C)C.CC(C)(C)C.CC(C)(C)c1ccc(C(C)(C)C)cc1.CC(C)(C)c1ccc(C(C)(C)C)cc1.CC(C)C.CC(C)C.CC(C)C.CCC.CCC.CCC.CCC[Si](C)(C)O[Si](C)(C)CCC.Cc1ccc(Oc2ccc(C(C)(C)c3ccc(Oc4ccc(C)cc4)cc3)cc2)cc1.c1ccccc1. The van der Waals surface area contributed by atoms with E-state index in [4.69, 9.17) is 13.6 Å². The third-order valence-corrected chi connectivity index (χ3v) is 23.1. The quantitative estimate of drug-likeness (QED) is 0.0901. The van der Waals surface area contributed by atoms with Gasteiger partial charge in [0.05, 0.1) is 0 Å². The molecule has 0 spiro atoms. The van der Waals surface area contributed by atoms with E-state index in [0.29, 0.717) is 10.8 Å². The molecule has 0 radical (unpaired) electrons. The van der Waals surface area contributed by atoms with Gasteiger partial charge < -0.3 is 13.6 Å². The van der Waals surface area contributed by atoms with E-state index in [2.05, 4.69) is 407 Å². The lowest BCUT2D eigenvalue weighted by atomic mass is 9.78. The highest BCUT2D eigenvalue weighted by molar-refractivity contribution is 6.84. The van der Waals surface area contributed by atoms with E-state index in [1.54, 1.807) is 0 Å². The maximum atomic E-state index is 11.6. The average molecular weight is 1720 g/mol. The molecule has 120 heavy (non-hydrogen) atoms. The molecule has 7 rings (SSSR count). The first-order chi connectivity index (χ1) is 54.1. The van der Waals surface area contributed by atoms with E-state index in [1.807, 2.05) is 84.9 Å². The number of aryl methyl sites for hydroxylation is 2. The van der Waals surface area contributed by atoms with Crippen LogP contribution in [0.3, 0.4) is 0 Å². The van der Waals surface area contributed by atoms with E-state index in [9.17, 15) is 26.3 Å². The third kappa shape index (κ3) is 74.7. The van der Waals surface area contributed by atoms with Crippen molar-refractivity contribution in [1.82, 2.24) is 0 Å². The van der Waals surface area contributed by atoms with Crippen molar-refractivity contribution in [3.8, 4) is 23.0 Å². The van der Waals surface area contributed by atoms with Crippen LogP contribution in [-0.2, 0) is 31.2 Å². The summed E-state index contributed by atoms with van der Waals surface area (Å²) in [5.41, 5.74) is 8.82. The lowest BCUT2D eigenvalue weighted by Crippen LogP contribution is -2.44. The molecule has 0 aliphatic carbocycles. The summed E-state index contributed by atoms with van der Waals surface area (Å²) in [6.45, 7) is 99.5. The Morgan fingerprint density at radius 2 is 0.408 bits per heavy atom. The van der Waals surface area contributed by atoms with Crippen LogP contribution < -0.4 is 9.47 Å². The van der Waals surface area contributed by atoms with E-state index in [1.165, 1.54) is 88.7 Å². The number of halogens is 6. The highest BCUT2D eigenvalue weighted by atomic mass is 28.4. The Hall–Kier alpha value is -5.89. The zero-order valence-corrected chi connectivity index (χ0v) is 88.5. The van der Waals surface area contributed by atoms with Crippen molar-refractivity contribution in [3.63, 3.8) is 0 Å². The second kappa shape index (κ2) is 62.3. The zero-order chi connectivity index (χ0) is 95.9. The maximum Gasteiger partial charge on any atom is 0.402 e. The number of hydrogen-bond acceptors (Lipinski definition) is 3. The number of alkyl halides is 6. The van der Waals surface area contributed by atoms with Gasteiger partial charge in [-0.2, -0.15) is 26.3 Å². The molecule has 7 aromatic rings. The molecular weight excluding hydrogens is 1530 g/mol. The van der Waals surface area contributed by atoms with Gasteiger partial charge in [0, 0.05) is 5.41 Å². The molecule has 0 saturated carbocycles. The molecule has 0 unspecified atom stereocenters. The summed E-state index contributed by atoms with van der Waals surface area (Å²) in [5, 5.41) is 0. The molecule has 692 valence electrons. The summed E-state index contributed by atoms with van der Waals surface area (Å²) in [4.78, 5) is 0. The Balaban J connectivity index is -0.000000249. The molecule has 7 aromatic carbocycles. The van der Waals surface area contributed by atoms with Crippen LogP contribution in [0.4, 0.5) is 26.3 Å². The van der Waals surface area contributed by atoms with E-state index in [0.717, 1.165) is 40.8 Å². The van der Waals surface area contributed by atoms with Gasteiger partial charge in [0.15, 0.2) is 22.0 Å². The van der Waals surface area contributed by atoms with Gasteiger partial charge in [0.2, 0.25) is 0 Å². The van der Waals surface area contributed by atoms with Crippen molar-refractivity contribution < 1.29 is 39.9 Å². The van der Waals surface area contributed by atoms with Crippen molar-refractivity contribution in [1.29, 1.82) is 0 Å². The number of benzene rings is 7. The standard InChI is InChI=1S/C29H28O2.2C14H22.C10H26OSi2.C6H6.C5H6F6.2C5H12.3C4H10.3C3H8/c1-21-5-13-25(14-6-21)30-27-17-9-23(10-18-27)29(3,4)24-11-19-28(20-12-24)31-26-15-7-22(2)8-16-26;2*1-13(2,3)11-7-9-12(10-8-11)14(4,5)6;1-7-9-12(3,4)11-13(5,6)10-8-2;1-2-4-6-5-3-1;1-3(2,4(6,7)8)5(9,10)11;2*1-5(2,3)4;3*1-4(2)3;3*1-3-2/h5-20H,1-4H3;2*7-10H,1-6H3;7-10H2,1-6H3;1-6H;1-2H3;2*1-4H3;3*4H,1-3H3;3*3H2,1-2H3. The van der Waals surface area contributed by atoms with Crippen molar-refractivity contribution in [2.45, 2.75) is 408 Å². The number of ether oxygens (including phenoxy) is 2. The van der Waals surface area contributed by atoms with Crippen molar-refractivity contribution in [2.24, 2.45) is 34.0 Å². The smallest absolute Gasteiger partial charge is 0.402 e. The Morgan fingerprint density at radius 3 is 0.533 bits per heavy atom. The van der Waals surface area contributed by atoms with Crippen LogP contribution in [0.2, 0.25) is 38.3 Å². The molecule has 11 heteroatoms. The Morgan fingerprint density at radius 1 is 0.267 bits per heavy atom. The minimum absolute atomic E-state index is 0.104. The van der Waals surface area contributed by atoms with E-state index in [-0.39, 0.29) is 40.9 Å². The molecule has 3 nitrogen and oxygen atoms in total.